The van der Waals surface area contributed by atoms with E-state index in [4.69, 9.17) is 13.9 Å². The molecule has 1 heterocycles. The van der Waals surface area contributed by atoms with E-state index in [1.165, 1.54) is 0 Å². The van der Waals surface area contributed by atoms with Crippen molar-refractivity contribution in [2.75, 3.05) is 6.61 Å². The van der Waals surface area contributed by atoms with Crippen molar-refractivity contribution in [1.29, 1.82) is 0 Å². The average Bonchev–Trinajstić information content (AvgIpc) is 3.24. The number of rotatable bonds is 10. The summed E-state index contributed by atoms with van der Waals surface area (Å²) in [5, 5.41) is 9.52. The van der Waals surface area contributed by atoms with Crippen LogP contribution in [0.25, 0.3) is 11.5 Å². The molecule has 4 aromatic rings. The van der Waals surface area contributed by atoms with Gasteiger partial charge in [0, 0.05) is 12.0 Å². The lowest BCUT2D eigenvalue weighted by Crippen LogP contribution is -2.29. The van der Waals surface area contributed by atoms with Gasteiger partial charge in [0.05, 0.1) is 12.3 Å². The fourth-order valence-electron chi connectivity index (χ4n) is 3.53. The van der Waals surface area contributed by atoms with Crippen LogP contribution in [0.3, 0.4) is 0 Å². The number of carbonyl (C=O) groups excluding carboxylic acids is 1. The number of esters is 1. The number of aliphatic carboxylic acids is 1. The molecule has 0 aliphatic rings. The molecule has 0 amide bonds. The van der Waals surface area contributed by atoms with Crippen molar-refractivity contribution in [3.05, 3.63) is 102 Å². The minimum Gasteiger partial charge on any atom is -0.493 e. The number of hydrogen-bond donors (Lipinski definition) is 1. The van der Waals surface area contributed by atoms with Gasteiger partial charge in [-0.25, -0.2) is 4.98 Å². The number of nitrogens with zero attached hydrogens (tertiary/aromatic N) is 1. The van der Waals surface area contributed by atoms with E-state index in [2.05, 4.69) is 4.98 Å². The van der Waals surface area contributed by atoms with Crippen LogP contribution in [0.1, 0.15) is 17.0 Å². The molecule has 0 saturated heterocycles. The molecule has 0 aliphatic carbocycles. The van der Waals surface area contributed by atoms with Crippen molar-refractivity contribution in [2.24, 2.45) is 5.92 Å². The van der Waals surface area contributed by atoms with Gasteiger partial charge < -0.3 is 19.0 Å². The Hall–Kier alpha value is -4.39. The number of benzene rings is 3. The Balaban J connectivity index is 1.31. The third-order valence-electron chi connectivity index (χ3n) is 5.43. The van der Waals surface area contributed by atoms with E-state index in [0.29, 0.717) is 36.0 Å². The van der Waals surface area contributed by atoms with Crippen molar-refractivity contribution in [1.82, 2.24) is 4.98 Å². The zero-order valence-electron chi connectivity index (χ0n) is 19.2. The van der Waals surface area contributed by atoms with E-state index < -0.39 is 17.9 Å². The van der Waals surface area contributed by atoms with E-state index in [9.17, 15) is 14.7 Å². The van der Waals surface area contributed by atoms with Gasteiger partial charge in [0.1, 0.15) is 17.3 Å². The summed E-state index contributed by atoms with van der Waals surface area (Å²) in [5.41, 5.74) is 2.45. The van der Waals surface area contributed by atoms with Crippen LogP contribution < -0.4 is 9.47 Å². The van der Waals surface area contributed by atoms with E-state index in [0.717, 1.165) is 17.0 Å². The highest BCUT2D eigenvalue weighted by Crippen LogP contribution is 2.22. The molecule has 0 saturated carbocycles. The van der Waals surface area contributed by atoms with E-state index in [-0.39, 0.29) is 6.42 Å². The van der Waals surface area contributed by atoms with Crippen LogP contribution in [-0.4, -0.2) is 28.6 Å². The molecular formula is C28H25NO6. The highest BCUT2D eigenvalue weighted by atomic mass is 16.5. The van der Waals surface area contributed by atoms with Crippen LogP contribution in [0.15, 0.2) is 89.3 Å². The highest BCUT2D eigenvalue weighted by Gasteiger charge is 2.28. The molecular weight excluding hydrogens is 446 g/mol. The number of oxazole rings is 1. The quantitative estimate of drug-likeness (QED) is 0.195. The Morgan fingerprint density at radius 2 is 1.57 bits per heavy atom. The SMILES string of the molecule is Cc1oc(-c2ccccc2)nc1CCOc1ccc(CC(C(=O)O)C(=O)Oc2ccccc2)cc1. The minimum atomic E-state index is -1.31. The molecule has 1 aromatic heterocycles. The Morgan fingerprint density at radius 1 is 0.914 bits per heavy atom. The van der Waals surface area contributed by atoms with Gasteiger partial charge >= 0.3 is 11.9 Å². The lowest BCUT2D eigenvalue weighted by molar-refractivity contribution is -0.152. The monoisotopic (exact) mass is 471 g/mol. The summed E-state index contributed by atoms with van der Waals surface area (Å²) in [5.74, 6) is -1.06. The summed E-state index contributed by atoms with van der Waals surface area (Å²) in [4.78, 5) is 28.6. The molecule has 0 radical (unpaired) electrons. The Kier molecular flexibility index (Phi) is 7.57. The number of carbonyl (C=O) groups is 2. The Bertz CT molecular complexity index is 1270. The van der Waals surface area contributed by atoms with Crippen molar-refractivity contribution in [2.45, 2.75) is 19.8 Å². The number of aryl methyl sites for hydroxylation is 1. The minimum absolute atomic E-state index is 0.0156. The number of hydrogen-bond acceptors (Lipinski definition) is 6. The van der Waals surface area contributed by atoms with Crippen LogP contribution in [0, 0.1) is 12.8 Å². The van der Waals surface area contributed by atoms with Gasteiger partial charge in [-0.3, -0.25) is 9.59 Å². The normalized spacial score (nSPS) is 11.6. The first-order valence-electron chi connectivity index (χ1n) is 11.2. The van der Waals surface area contributed by atoms with Gasteiger partial charge in [0.2, 0.25) is 5.89 Å². The summed E-state index contributed by atoms with van der Waals surface area (Å²) >= 11 is 0. The number of aromatic nitrogens is 1. The molecule has 35 heavy (non-hydrogen) atoms. The maximum Gasteiger partial charge on any atom is 0.326 e. The summed E-state index contributed by atoms with van der Waals surface area (Å²) < 4.78 is 16.8. The smallest absolute Gasteiger partial charge is 0.326 e. The Labute approximate surface area is 203 Å². The summed E-state index contributed by atoms with van der Waals surface area (Å²) in [7, 11) is 0. The second kappa shape index (κ2) is 11.2. The molecule has 1 atom stereocenters. The molecule has 7 heteroatoms. The lowest BCUT2D eigenvalue weighted by Gasteiger charge is -2.12. The molecule has 3 aromatic carbocycles. The van der Waals surface area contributed by atoms with Gasteiger partial charge in [-0.15, -0.1) is 0 Å². The molecule has 1 unspecified atom stereocenters. The van der Waals surface area contributed by atoms with Crippen LogP contribution in [0.5, 0.6) is 11.5 Å². The predicted octanol–water partition coefficient (Wildman–Crippen LogP) is 5.12. The third kappa shape index (κ3) is 6.35. The predicted molar refractivity (Wildman–Crippen MR) is 129 cm³/mol. The number of carboxylic acids is 1. The molecule has 0 spiro atoms. The zero-order chi connectivity index (χ0) is 24.6. The molecule has 0 bridgehead atoms. The van der Waals surface area contributed by atoms with Gasteiger partial charge in [-0.1, -0.05) is 48.5 Å². The van der Waals surface area contributed by atoms with Crippen LogP contribution in [0.4, 0.5) is 0 Å². The van der Waals surface area contributed by atoms with Crippen LogP contribution in [0.2, 0.25) is 0 Å². The van der Waals surface area contributed by atoms with E-state index >= 15 is 0 Å². The molecule has 1 N–H and O–H groups in total. The van der Waals surface area contributed by atoms with Crippen molar-refractivity contribution >= 4 is 11.9 Å². The molecule has 7 nitrogen and oxygen atoms in total. The number of carboxylic acid groups (broad SMARTS) is 1. The maximum absolute atomic E-state index is 12.4. The van der Waals surface area contributed by atoms with Crippen molar-refractivity contribution < 1.29 is 28.6 Å². The first-order chi connectivity index (χ1) is 17.0. The van der Waals surface area contributed by atoms with Gasteiger partial charge in [-0.05, 0) is 55.3 Å². The van der Waals surface area contributed by atoms with Crippen LogP contribution >= 0.6 is 0 Å². The fourth-order valence-corrected chi connectivity index (χ4v) is 3.53. The summed E-state index contributed by atoms with van der Waals surface area (Å²) in [6.45, 7) is 2.29. The average molecular weight is 472 g/mol. The molecule has 178 valence electrons. The second-order valence-electron chi connectivity index (χ2n) is 7.96. The molecule has 0 aliphatic heterocycles. The largest absolute Gasteiger partial charge is 0.493 e. The summed E-state index contributed by atoms with van der Waals surface area (Å²) in [6, 6.07) is 25.1. The van der Waals surface area contributed by atoms with Crippen molar-refractivity contribution in [3.63, 3.8) is 0 Å². The first kappa shape index (κ1) is 23.8. The first-order valence-corrected chi connectivity index (χ1v) is 11.2. The molecule has 4 rings (SSSR count). The lowest BCUT2D eigenvalue weighted by atomic mass is 9.99. The van der Waals surface area contributed by atoms with Gasteiger partial charge in [0.15, 0.2) is 5.92 Å². The van der Waals surface area contributed by atoms with Crippen molar-refractivity contribution in [3.8, 4) is 23.0 Å². The maximum atomic E-state index is 12.4. The fraction of sp³-hybridized carbons (Fsp3) is 0.179. The Morgan fingerprint density at radius 3 is 2.23 bits per heavy atom. The van der Waals surface area contributed by atoms with Gasteiger partial charge in [0.25, 0.3) is 0 Å². The highest BCUT2D eigenvalue weighted by molar-refractivity contribution is 5.95. The zero-order valence-corrected chi connectivity index (χ0v) is 19.2. The van der Waals surface area contributed by atoms with E-state index in [1.54, 1.807) is 54.6 Å². The number of ether oxygens (including phenoxy) is 2. The van der Waals surface area contributed by atoms with Gasteiger partial charge in [-0.2, -0.15) is 0 Å². The topological polar surface area (TPSA) is 98.9 Å². The van der Waals surface area contributed by atoms with E-state index in [1.807, 2.05) is 37.3 Å². The second-order valence-corrected chi connectivity index (χ2v) is 7.96. The van der Waals surface area contributed by atoms with Crippen LogP contribution in [-0.2, 0) is 22.4 Å². The summed E-state index contributed by atoms with van der Waals surface area (Å²) in [6.07, 6.45) is 0.595. The standard InChI is InChI=1S/C28H25NO6/c1-19-25(29-26(34-19)21-8-4-2-5-9-21)16-17-33-22-14-12-20(13-15-22)18-24(27(30)31)28(32)35-23-10-6-3-7-11-23/h2-15,24H,16-18H2,1H3,(H,30,31). The third-order valence-corrected chi connectivity index (χ3v) is 5.43. The number of para-hydroxylation sites is 1. The molecule has 0 fully saturated rings.